The van der Waals surface area contributed by atoms with Gasteiger partial charge in [-0.2, -0.15) is 0 Å². The Bertz CT molecular complexity index is 373. The Morgan fingerprint density at radius 1 is 1.32 bits per heavy atom. The van der Waals surface area contributed by atoms with Gasteiger partial charge in [-0.3, -0.25) is 0 Å². The second kappa shape index (κ2) is 7.49. The van der Waals surface area contributed by atoms with Crippen LogP contribution in [0.5, 0.6) is 5.88 Å². The summed E-state index contributed by atoms with van der Waals surface area (Å²) in [5, 5.41) is 3.42. The smallest absolute Gasteiger partial charge is 0.217 e. The van der Waals surface area contributed by atoms with Crippen LogP contribution >= 0.6 is 0 Å². The summed E-state index contributed by atoms with van der Waals surface area (Å²) in [4.78, 5) is 4.38. The highest BCUT2D eigenvalue weighted by Crippen LogP contribution is 2.25. The van der Waals surface area contributed by atoms with Gasteiger partial charge < -0.3 is 10.1 Å². The van der Waals surface area contributed by atoms with Gasteiger partial charge in [0.2, 0.25) is 5.88 Å². The van der Waals surface area contributed by atoms with Crippen LogP contribution in [0.3, 0.4) is 0 Å². The number of ether oxygens (including phenoxy) is 1. The largest absolute Gasteiger partial charge is 0.477 e. The lowest BCUT2D eigenvalue weighted by Crippen LogP contribution is -2.23. The molecule has 0 radical (unpaired) electrons. The molecule has 1 heterocycles. The Hall–Kier alpha value is -1.09. The highest BCUT2D eigenvalue weighted by atomic mass is 16.5. The van der Waals surface area contributed by atoms with E-state index >= 15 is 0 Å². The minimum absolute atomic E-state index is 0.478. The number of rotatable bonds is 6. The summed E-state index contributed by atoms with van der Waals surface area (Å²) in [7, 11) is 0. The van der Waals surface area contributed by atoms with Crippen molar-refractivity contribution >= 4 is 0 Å². The highest BCUT2D eigenvalue weighted by Gasteiger charge is 2.15. The number of pyridine rings is 1. The minimum atomic E-state index is 0.478. The van der Waals surface area contributed by atoms with Crippen molar-refractivity contribution < 1.29 is 4.74 Å². The number of aromatic nitrogens is 1. The Balaban J connectivity index is 1.87. The van der Waals surface area contributed by atoms with Crippen molar-refractivity contribution in [3.63, 3.8) is 0 Å². The van der Waals surface area contributed by atoms with Crippen LogP contribution in [0.4, 0.5) is 0 Å². The fraction of sp³-hybridized carbons (Fsp3) is 0.688. The van der Waals surface area contributed by atoms with Crippen LogP contribution in [-0.4, -0.2) is 17.6 Å². The molecule has 1 fully saturated rings. The van der Waals surface area contributed by atoms with E-state index in [-0.39, 0.29) is 0 Å². The molecule has 19 heavy (non-hydrogen) atoms. The molecule has 0 saturated heterocycles. The average molecular weight is 262 g/mol. The maximum atomic E-state index is 5.96. The van der Waals surface area contributed by atoms with E-state index in [2.05, 4.69) is 30.2 Å². The van der Waals surface area contributed by atoms with Crippen LogP contribution in [-0.2, 0) is 6.54 Å². The third kappa shape index (κ3) is 4.83. The van der Waals surface area contributed by atoms with Gasteiger partial charge in [0.05, 0.1) is 6.61 Å². The first-order chi connectivity index (χ1) is 9.25. The summed E-state index contributed by atoms with van der Waals surface area (Å²) in [5.74, 6) is 1.53. The van der Waals surface area contributed by atoms with Gasteiger partial charge in [-0.05, 0) is 24.8 Å². The van der Waals surface area contributed by atoms with Gasteiger partial charge in [-0.1, -0.05) is 39.2 Å². The number of hydrogen-bond donors (Lipinski definition) is 1. The fourth-order valence-electron chi connectivity index (χ4n) is 2.55. The van der Waals surface area contributed by atoms with Crippen LogP contribution in [0.1, 0.15) is 51.5 Å². The molecule has 0 aromatic carbocycles. The topological polar surface area (TPSA) is 34.2 Å². The van der Waals surface area contributed by atoms with Gasteiger partial charge in [-0.15, -0.1) is 0 Å². The fourth-order valence-corrected chi connectivity index (χ4v) is 2.55. The second-order valence-corrected chi connectivity index (χ2v) is 5.82. The van der Waals surface area contributed by atoms with E-state index in [1.165, 1.54) is 32.1 Å². The standard InChI is InChI=1S/C16H26N2O/c1-13(2)18-11-15-9-6-10-17-16(15)19-12-14-7-4-3-5-8-14/h6,9-10,13-14,18H,3-5,7-8,11-12H2,1-2H3. The molecule has 0 bridgehead atoms. The molecule has 0 aliphatic heterocycles. The maximum Gasteiger partial charge on any atom is 0.217 e. The molecule has 2 rings (SSSR count). The summed E-state index contributed by atoms with van der Waals surface area (Å²) in [5.41, 5.74) is 1.16. The zero-order chi connectivity index (χ0) is 13.5. The average Bonchev–Trinajstić information content (AvgIpc) is 2.45. The van der Waals surface area contributed by atoms with E-state index in [0.717, 1.165) is 30.5 Å². The van der Waals surface area contributed by atoms with E-state index in [1.807, 2.05) is 12.3 Å². The molecule has 1 aliphatic rings. The first kappa shape index (κ1) is 14.3. The summed E-state index contributed by atoms with van der Waals surface area (Å²) >= 11 is 0. The molecule has 1 N–H and O–H groups in total. The van der Waals surface area contributed by atoms with Gasteiger partial charge in [0.15, 0.2) is 0 Å². The van der Waals surface area contributed by atoms with Crippen molar-refractivity contribution in [2.75, 3.05) is 6.61 Å². The van der Waals surface area contributed by atoms with Crippen LogP contribution in [0.15, 0.2) is 18.3 Å². The third-order valence-corrected chi connectivity index (χ3v) is 3.73. The Labute approximate surface area is 116 Å². The monoisotopic (exact) mass is 262 g/mol. The lowest BCUT2D eigenvalue weighted by molar-refractivity contribution is 0.201. The molecule has 1 aromatic heterocycles. The minimum Gasteiger partial charge on any atom is -0.477 e. The molecular weight excluding hydrogens is 236 g/mol. The highest BCUT2D eigenvalue weighted by molar-refractivity contribution is 5.25. The Morgan fingerprint density at radius 3 is 2.84 bits per heavy atom. The first-order valence-electron chi connectivity index (χ1n) is 7.56. The number of nitrogens with zero attached hydrogens (tertiary/aromatic N) is 1. The first-order valence-corrected chi connectivity index (χ1v) is 7.56. The third-order valence-electron chi connectivity index (χ3n) is 3.73. The summed E-state index contributed by atoms with van der Waals surface area (Å²) < 4.78 is 5.96. The van der Waals surface area contributed by atoms with Gasteiger partial charge in [0, 0.05) is 24.3 Å². The van der Waals surface area contributed by atoms with Gasteiger partial charge in [0.25, 0.3) is 0 Å². The number of nitrogens with one attached hydrogen (secondary N) is 1. The molecule has 0 amide bonds. The molecule has 3 nitrogen and oxygen atoms in total. The normalized spacial score (nSPS) is 16.8. The van der Waals surface area contributed by atoms with Gasteiger partial charge in [0.1, 0.15) is 0 Å². The van der Waals surface area contributed by atoms with E-state index < -0.39 is 0 Å². The lowest BCUT2D eigenvalue weighted by Gasteiger charge is -2.22. The van der Waals surface area contributed by atoms with Crippen molar-refractivity contribution in [3.05, 3.63) is 23.9 Å². The van der Waals surface area contributed by atoms with Crippen molar-refractivity contribution in [1.82, 2.24) is 10.3 Å². The summed E-state index contributed by atoms with van der Waals surface area (Å²) in [6.45, 7) is 5.95. The maximum absolute atomic E-state index is 5.96. The van der Waals surface area contributed by atoms with Crippen LogP contribution in [0, 0.1) is 5.92 Å². The lowest BCUT2D eigenvalue weighted by atomic mass is 9.90. The summed E-state index contributed by atoms with van der Waals surface area (Å²) in [6, 6.07) is 4.55. The van der Waals surface area contributed by atoms with Crippen LogP contribution in [0.2, 0.25) is 0 Å². The second-order valence-electron chi connectivity index (χ2n) is 5.82. The molecule has 1 aliphatic carbocycles. The predicted molar refractivity (Wildman–Crippen MR) is 78.3 cm³/mol. The van der Waals surface area contributed by atoms with Crippen molar-refractivity contribution in [2.24, 2.45) is 5.92 Å². The molecule has 0 spiro atoms. The summed E-state index contributed by atoms with van der Waals surface area (Å²) in [6.07, 6.45) is 8.55. The quantitative estimate of drug-likeness (QED) is 0.851. The molecule has 0 unspecified atom stereocenters. The van der Waals surface area contributed by atoms with E-state index in [0.29, 0.717) is 6.04 Å². The van der Waals surface area contributed by atoms with Crippen molar-refractivity contribution in [3.8, 4) is 5.88 Å². The zero-order valence-corrected chi connectivity index (χ0v) is 12.2. The van der Waals surface area contributed by atoms with E-state index in [1.54, 1.807) is 0 Å². The molecule has 106 valence electrons. The SMILES string of the molecule is CC(C)NCc1cccnc1OCC1CCCCC1. The molecular formula is C16H26N2O. The number of hydrogen-bond acceptors (Lipinski definition) is 3. The predicted octanol–water partition coefficient (Wildman–Crippen LogP) is 3.54. The zero-order valence-electron chi connectivity index (χ0n) is 12.2. The van der Waals surface area contributed by atoms with Gasteiger partial charge >= 0.3 is 0 Å². The van der Waals surface area contributed by atoms with E-state index in [4.69, 9.17) is 4.74 Å². The van der Waals surface area contributed by atoms with Gasteiger partial charge in [-0.25, -0.2) is 4.98 Å². The van der Waals surface area contributed by atoms with Crippen LogP contribution < -0.4 is 10.1 Å². The van der Waals surface area contributed by atoms with Crippen molar-refractivity contribution in [2.45, 2.75) is 58.5 Å². The van der Waals surface area contributed by atoms with Crippen LogP contribution in [0.25, 0.3) is 0 Å². The molecule has 0 atom stereocenters. The van der Waals surface area contributed by atoms with Crippen molar-refractivity contribution in [1.29, 1.82) is 0 Å². The Morgan fingerprint density at radius 2 is 2.11 bits per heavy atom. The Kier molecular flexibility index (Phi) is 5.64. The van der Waals surface area contributed by atoms with E-state index in [9.17, 15) is 0 Å². The molecule has 1 saturated carbocycles. The molecule has 1 aromatic rings. The molecule has 3 heteroatoms.